The third-order valence-corrected chi connectivity index (χ3v) is 5.03. The van der Waals surface area contributed by atoms with Gasteiger partial charge in [0.2, 0.25) is 0 Å². The first kappa shape index (κ1) is 24.9. The monoisotopic (exact) mass is 500 g/mol. The molecule has 0 saturated heterocycles. The second-order valence-corrected chi connectivity index (χ2v) is 7.56. The van der Waals surface area contributed by atoms with E-state index in [1.165, 1.54) is 48.2 Å². The van der Waals surface area contributed by atoms with E-state index in [0.29, 0.717) is 16.9 Å². The molecule has 0 fully saturated rings. The number of alkyl halides is 3. The maximum atomic E-state index is 13.2. The molecule has 1 aromatic heterocycles. The van der Waals surface area contributed by atoms with Crippen LogP contribution >= 0.6 is 0 Å². The molecule has 0 unspecified atom stereocenters. The van der Waals surface area contributed by atoms with Crippen LogP contribution < -0.4 is 10.1 Å². The molecule has 36 heavy (non-hydrogen) atoms. The summed E-state index contributed by atoms with van der Waals surface area (Å²) in [5, 5.41) is 7.06. The number of halogens is 4. The van der Waals surface area contributed by atoms with Gasteiger partial charge in [-0.2, -0.15) is 18.2 Å². The van der Waals surface area contributed by atoms with Crippen molar-refractivity contribution in [3.63, 3.8) is 0 Å². The molecular formula is C25H20F4N4O3. The number of amides is 1. The SMILES string of the molecule is COCCOc1nc(-c2ccc(C(F)(F)F)cc2)n(-c2cccc(NC(=O)c3ccc(F)cc3)c2)n1. The van der Waals surface area contributed by atoms with Gasteiger partial charge in [-0.25, -0.2) is 9.07 Å². The fourth-order valence-electron chi connectivity index (χ4n) is 3.27. The third-order valence-electron chi connectivity index (χ3n) is 5.03. The maximum absolute atomic E-state index is 13.2. The van der Waals surface area contributed by atoms with E-state index < -0.39 is 23.5 Å². The molecule has 0 aliphatic heterocycles. The number of aromatic nitrogens is 3. The van der Waals surface area contributed by atoms with Gasteiger partial charge in [0.05, 0.1) is 17.9 Å². The normalized spacial score (nSPS) is 11.4. The van der Waals surface area contributed by atoms with Gasteiger partial charge in [-0.05, 0) is 54.6 Å². The number of methoxy groups -OCH3 is 1. The van der Waals surface area contributed by atoms with Crippen molar-refractivity contribution in [3.8, 4) is 23.1 Å². The highest BCUT2D eigenvalue weighted by Crippen LogP contribution is 2.32. The van der Waals surface area contributed by atoms with Crippen LogP contribution in [0.15, 0.2) is 72.8 Å². The predicted molar refractivity (Wildman–Crippen MR) is 124 cm³/mol. The Morgan fingerprint density at radius 3 is 2.39 bits per heavy atom. The third kappa shape index (κ3) is 5.87. The number of carbonyl (C=O) groups excluding carboxylic acids is 1. The zero-order chi connectivity index (χ0) is 25.7. The number of hydrogen-bond acceptors (Lipinski definition) is 5. The van der Waals surface area contributed by atoms with Gasteiger partial charge in [0.15, 0.2) is 5.82 Å². The Labute approximate surface area is 203 Å². The van der Waals surface area contributed by atoms with Crippen molar-refractivity contribution in [1.29, 1.82) is 0 Å². The summed E-state index contributed by atoms with van der Waals surface area (Å²) in [6.07, 6.45) is -4.47. The highest BCUT2D eigenvalue weighted by atomic mass is 19.4. The molecule has 1 N–H and O–H groups in total. The molecule has 1 heterocycles. The van der Waals surface area contributed by atoms with E-state index in [2.05, 4.69) is 15.4 Å². The summed E-state index contributed by atoms with van der Waals surface area (Å²) < 4.78 is 64.1. The lowest BCUT2D eigenvalue weighted by Gasteiger charge is -2.10. The van der Waals surface area contributed by atoms with E-state index in [0.717, 1.165) is 12.1 Å². The van der Waals surface area contributed by atoms with E-state index >= 15 is 0 Å². The van der Waals surface area contributed by atoms with Crippen LogP contribution in [0.2, 0.25) is 0 Å². The number of carbonyl (C=O) groups is 1. The Bertz CT molecular complexity index is 1340. The van der Waals surface area contributed by atoms with Crippen LogP contribution in [-0.2, 0) is 10.9 Å². The Morgan fingerprint density at radius 1 is 1.00 bits per heavy atom. The lowest BCUT2D eigenvalue weighted by Crippen LogP contribution is -2.12. The summed E-state index contributed by atoms with van der Waals surface area (Å²) in [5.74, 6) is -0.672. The van der Waals surface area contributed by atoms with E-state index in [9.17, 15) is 22.4 Å². The van der Waals surface area contributed by atoms with Crippen LogP contribution in [0.4, 0.5) is 23.2 Å². The first-order chi connectivity index (χ1) is 17.2. The highest BCUT2D eigenvalue weighted by molar-refractivity contribution is 6.04. The summed E-state index contributed by atoms with van der Waals surface area (Å²) in [6, 6.07) is 16.2. The number of nitrogens with one attached hydrogen (secondary N) is 1. The predicted octanol–water partition coefficient (Wildman–Crippen LogP) is 5.37. The number of anilines is 1. The minimum Gasteiger partial charge on any atom is -0.460 e. The van der Waals surface area contributed by atoms with Crippen molar-refractivity contribution >= 4 is 11.6 Å². The molecule has 11 heteroatoms. The number of hydrogen-bond donors (Lipinski definition) is 1. The van der Waals surface area contributed by atoms with Crippen LogP contribution in [0.1, 0.15) is 15.9 Å². The van der Waals surface area contributed by atoms with Crippen molar-refractivity contribution in [1.82, 2.24) is 14.8 Å². The average molecular weight is 500 g/mol. The Kier molecular flexibility index (Phi) is 7.30. The van der Waals surface area contributed by atoms with Crippen molar-refractivity contribution < 1.29 is 31.8 Å². The number of benzene rings is 3. The van der Waals surface area contributed by atoms with Crippen molar-refractivity contribution in [3.05, 3.63) is 89.7 Å². The van der Waals surface area contributed by atoms with E-state index in [1.807, 2.05) is 0 Å². The topological polar surface area (TPSA) is 78.3 Å². The Morgan fingerprint density at radius 2 is 1.72 bits per heavy atom. The van der Waals surface area contributed by atoms with Crippen molar-refractivity contribution in [2.24, 2.45) is 0 Å². The molecule has 4 aromatic rings. The summed E-state index contributed by atoms with van der Waals surface area (Å²) in [5.41, 5.74) is 0.729. The Balaban J connectivity index is 1.66. The number of ether oxygens (including phenoxy) is 2. The van der Waals surface area contributed by atoms with Crippen LogP contribution in [-0.4, -0.2) is 41.0 Å². The molecule has 1 amide bonds. The second-order valence-electron chi connectivity index (χ2n) is 7.56. The minimum atomic E-state index is -4.47. The molecule has 0 radical (unpaired) electrons. The quantitative estimate of drug-likeness (QED) is 0.260. The Hall–Kier alpha value is -4.25. The average Bonchev–Trinajstić information content (AvgIpc) is 3.28. The minimum absolute atomic E-state index is 0.00250. The van der Waals surface area contributed by atoms with Crippen LogP contribution in [0, 0.1) is 5.82 Å². The fourth-order valence-corrected chi connectivity index (χ4v) is 3.27. The van der Waals surface area contributed by atoms with Crippen LogP contribution in [0.25, 0.3) is 17.1 Å². The molecule has 4 rings (SSSR count). The van der Waals surface area contributed by atoms with Crippen LogP contribution in [0.5, 0.6) is 6.01 Å². The largest absolute Gasteiger partial charge is 0.460 e. The molecule has 0 atom stereocenters. The fraction of sp³-hybridized carbons (Fsp3) is 0.160. The molecule has 0 spiro atoms. The molecule has 3 aromatic carbocycles. The second kappa shape index (κ2) is 10.6. The molecule has 7 nitrogen and oxygen atoms in total. The molecule has 186 valence electrons. The van der Waals surface area contributed by atoms with E-state index in [4.69, 9.17) is 9.47 Å². The maximum Gasteiger partial charge on any atom is 0.416 e. The molecule has 0 saturated carbocycles. The summed E-state index contributed by atoms with van der Waals surface area (Å²) in [7, 11) is 1.51. The standard InChI is InChI=1S/C25H20F4N4O3/c1-35-13-14-36-24-31-22(16-5-9-18(10-6-16)25(27,28)29)33(32-24)21-4-2-3-20(15-21)30-23(34)17-7-11-19(26)12-8-17/h2-12,15H,13-14H2,1H3,(H,30,34). The van der Waals surface area contributed by atoms with Gasteiger partial charge in [-0.15, -0.1) is 5.10 Å². The zero-order valence-corrected chi connectivity index (χ0v) is 18.9. The molecule has 0 bridgehead atoms. The first-order valence-electron chi connectivity index (χ1n) is 10.7. The highest BCUT2D eigenvalue weighted by Gasteiger charge is 2.30. The van der Waals surface area contributed by atoms with E-state index in [1.54, 1.807) is 24.3 Å². The molecule has 0 aliphatic rings. The van der Waals surface area contributed by atoms with Gasteiger partial charge < -0.3 is 14.8 Å². The van der Waals surface area contributed by atoms with Gasteiger partial charge >= 0.3 is 12.2 Å². The van der Waals surface area contributed by atoms with Crippen molar-refractivity contribution in [2.45, 2.75) is 6.18 Å². The smallest absolute Gasteiger partial charge is 0.416 e. The van der Waals surface area contributed by atoms with Gasteiger partial charge in [-0.1, -0.05) is 18.2 Å². The lowest BCUT2D eigenvalue weighted by atomic mass is 10.1. The van der Waals surface area contributed by atoms with Crippen molar-refractivity contribution in [2.75, 3.05) is 25.6 Å². The summed E-state index contributed by atoms with van der Waals surface area (Å²) in [6.45, 7) is 0.454. The van der Waals surface area contributed by atoms with Gasteiger partial charge in [-0.3, -0.25) is 4.79 Å². The summed E-state index contributed by atoms with van der Waals surface area (Å²) >= 11 is 0. The molecular weight excluding hydrogens is 480 g/mol. The first-order valence-corrected chi connectivity index (χ1v) is 10.7. The van der Waals surface area contributed by atoms with Gasteiger partial charge in [0.1, 0.15) is 12.4 Å². The van der Waals surface area contributed by atoms with Gasteiger partial charge in [0.25, 0.3) is 5.91 Å². The lowest BCUT2D eigenvalue weighted by molar-refractivity contribution is -0.137. The van der Waals surface area contributed by atoms with Gasteiger partial charge in [0, 0.05) is 23.9 Å². The van der Waals surface area contributed by atoms with Crippen LogP contribution in [0.3, 0.4) is 0 Å². The molecule has 0 aliphatic carbocycles. The number of rotatable bonds is 8. The zero-order valence-electron chi connectivity index (χ0n) is 18.9. The number of nitrogens with zero attached hydrogens (tertiary/aromatic N) is 3. The van der Waals surface area contributed by atoms with E-state index in [-0.39, 0.29) is 30.6 Å². The summed E-state index contributed by atoms with van der Waals surface area (Å²) in [4.78, 5) is 16.9.